The smallest absolute Gasteiger partial charge is 0.253 e. The maximum Gasteiger partial charge on any atom is 0.253 e. The molecule has 0 aromatic carbocycles. The predicted molar refractivity (Wildman–Crippen MR) is 85.0 cm³/mol. The van der Waals surface area contributed by atoms with E-state index in [1.807, 2.05) is 6.19 Å². The first-order valence-electron chi connectivity index (χ1n) is 8.46. The molecule has 1 saturated heterocycles. The zero-order valence-electron chi connectivity index (χ0n) is 14.1. The summed E-state index contributed by atoms with van der Waals surface area (Å²) in [6.07, 6.45) is 7.78. The predicted octanol–water partition coefficient (Wildman–Crippen LogP) is 0.773. The fourth-order valence-electron chi connectivity index (χ4n) is 3.48. The number of methoxy groups -OCH3 is 1. The molecule has 7 heteroatoms. The van der Waals surface area contributed by atoms with Gasteiger partial charge in [0, 0.05) is 39.7 Å². The van der Waals surface area contributed by atoms with Gasteiger partial charge in [-0.1, -0.05) is 0 Å². The Morgan fingerprint density at radius 1 is 1.43 bits per heavy atom. The Kier molecular flexibility index (Phi) is 7.09. The summed E-state index contributed by atoms with van der Waals surface area (Å²) in [5.41, 5.74) is 3.08. The van der Waals surface area contributed by atoms with Gasteiger partial charge >= 0.3 is 0 Å². The third kappa shape index (κ3) is 5.06. The van der Waals surface area contributed by atoms with Gasteiger partial charge in [-0.15, -0.1) is 0 Å². The number of hydrogen-bond donors (Lipinski definition) is 2. The number of carbonyl (C=O) groups excluding carboxylic acids is 1. The van der Waals surface area contributed by atoms with E-state index in [4.69, 9.17) is 14.8 Å². The molecule has 23 heavy (non-hydrogen) atoms. The molecular formula is C16H28N4O3. The largest absolute Gasteiger partial charge is 0.381 e. The molecule has 2 unspecified atom stereocenters. The molecule has 1 aliphatic heterocycles. The van der Waals surface area contributed by atoms with E-state index in [0.717, 1.165) is 38.5 Å². The topological polar surface area (TPSA) is 86.6 Å². The number of nitriles is 1. The third-order valence-corrected chi connectivity index (χ3v) is 4.98. The Morgan fingerprint density at radius 3 is 2.83 bits per heavy atom. The third-order valence-electron chi connectivity index (χ3n) is 4.98. The Labute approximate surface area is 138 Å². The molecule has 7 nitrogen and oxygen atoms in total. The highest BCUT2D eigenvalue weighted by Crippen LogP contribution is 2.32. The van der Waals surface area contributed by atoms with Crippen LogP contribution in [0.1, 0.15) is 38.5 Å². The van der Waals surface area contributed by atoms with Crippen LogP contribution in [0.5, 0.6) is 0 Å². The average Bonchev–Trinajstić information content (AvgIpc) is 3.08. The summed E-state index contributed by atoms with van der Waals surface area (Å²) < 4.78 is 5.41. The first-order chi connectivity index (χ1) is 11.2. The summed E-state index contributed by atoms with van der Waals surface area (Å²) in [6.45, 7) is 1.21. The highest BCUT2D eigenvalue weighted by atomic mass is 16.7. The van der Waals surface area contributed by atoms with Gasteiger partial charge in [-0.05, 0) is 38.0 Å². The van der Waals surface area contributed by atoms with E-state index in [1.54, 1.807) is 19.1 Å². The van der Waals surface area contributed by atoms with E-state index in [-0.39, 0.29) is 11.9 Å². The van der Waals surface area contributed by atoms with Crippen molar-refractivity contribution in [2.45, 2.75) is 56.8 Å². The summed E-state index contributed by atoms with van der Waals surface area (Å²) >= 11 is 0. The molecule has 2 fully saturated rings. The monoisotopic (exact) mass is 324 g/mol. The number of hydrogen-bond acceptors (Lipinski definition) is 6. The van der Waals surface area contributed by atoms with Crippen LogP contribution in [-0.4, -0.2) is 56.3 Å². The minimum atomic E-state index is -0.394. The molecule has 0 radical (unpaired) electrons. The quantitative estimate of drug-likeness (QED) is 0.409. The summed E-state index contributed by atoms with van der Waals surface area (Å²) in [5, 5.41) is 11.0. The molecule has 0 bridgehead atoms. The van der Waals surface area contributed by atoms with Crippen molar-refractivity contribution < 1.29 is 14.4 Å². The van der Waals surface area contributed by atoms with Gasteiger partial charge in [-0.25, -0.2) is 0 Å². The Morgan fingerprint density at radius 2 is 2.17 bits per heavy atom. The fraction of sp³-hybridized carbons (Fsp3) is 0.875. The number of carbonyl (C=O) groups is 1. The number of likely N-dealkylation sites (N-methyl/N-ethyl adjacent to an activating group) is 1. The molecule has 2 N–H and O–H groups in total. The molecule has 2 atom stereocenters. The number of nitrogens with one attached hydrogen (secondary N) is 2. The number of nitrogens with zero attached hydrogens (tertiary/aromatic N) is 2. The fourth-order valence-corrected chi connectivity index (χ4v) is 3.48. The molecule has 1 heterocycles. The van der Waals surface area contributed by atoms with Crippen LogP contribution in [0.4, 0.5) is 0 Å². The Hall–Kier alpha value is -1.36. The summed E-state index contributed by atoms with van der Waals surface area (Å²) in [4.78, 5) is 19.6. The van der Waals surface area contributed by atoms with Crippen LogP contribution in [0.25, 0.3) is 0 Å². The molecule has 2 rings (SSSR count). The van der Waals surface area contributed by atoms with E-state index in [1.165, 1.54) is 0 Å². The van der Waals surface area contributed by atoms with Gasteiger partial charge in [0.25, 0.3) is 5.91 Å². The normalized spacial score (nSPS) is 30.7. The minimum Gasteiger partial charge on any atom is -0.381 e. The Bertz CT molecular complexity index is 418. The molecule has 1 saturated carbocycles. The summed E-state index contributed by atoms with van der Waals surface area (Å²) in [6, 6.07) is 0.260. The standard InChI is InChI=1S/C16H28N4O3/c1-20(9-3-8-18-11-17)16(21)15-10-14(19-23-15)12-4-6-13(22-2)7-5-12/h12-15,18-19H,3-10H2,1-2H3. The van der Waals surface area contributed by atoms with Gasteiger partial charge in [-0.3, -0.25) is 9.63 Å². The van der Waals surface area contributed by atoms with Crippen LogP contribution in [-0.2, 0) is 14.4 Å². The molecule has 2 aliphatic rings. The minimum absolute atomic E-state index is 0.0162. The molecule has 1 amide bonds. The SMILES string of the molecule is COC1CCC(C2CC(C(=O)N(C)CCCNC#N)ON2)CC1. The van der Waals surface area contributed by atoms with Gasteiger partial charge in [0.1, 0.15) is 0 Å². The van der Waals surface area contributed by atoms with Crippen molar-refractivity contribution >= 4 is 5.91 Å². The van der Waals surface area contributed by atoms with Gasteiger partial charge in [0.15, 0.2) is 12.3 Å². The van der Waals surface area contributed by atoms with Crippen molar-refractivity contribution in [3.8, 4) is 6.19 Å². The van der Waals surface area contributed by atoms with Gasteiger partial charge in [0.2, 0.25) is 0 Å². The maximum atomic E-state index is 12.4. The highest BCUT2D eigenvalue weighted by Gasteiger charge is 2.38. The lowest BCUT2D eigenvalue weighted by Crippen LogP contribution is -2.38. The second kappa shape index (κ2) is 9.06. The highest BCUT2D eigenvalue weighted by molar-refractivity contribution is 5.80. The average molecular weight is 324 g/mol. The van der Waals surface area contributed by atoms with Crippen molar-refractivity contribution in [2.75, 3.05) is 27.2 Å². The van der Waals surface area contributed by atoms with Crippen LogP contribution in [0.3, 0.4) is 0 Å². The van der Waals surface area contributed by atoms with Crippen molar-refractivity contribution in [3.63, 3.8) is 0 Å². The van der Waals surface area contributed by atoms with E-state index < -0.39 is 6.10 Å². The van der Waals surface area contributed by atoms with E-state index in [9.17, 15) is 4.79 Å². The zero-order chi connectivity index (χ0) is 16.7. The maximum absolute atomic E-state index is 12.4. The van der Waals surface area contributed by atoms with Crippen molar-refractivity contribution in [2.24, 2.45) is 5.92 Å². The lowest BCUT2D eigenvalue weighted by molar-refractivity contribution is -0.142. The summed E-state index contributed by atoms with van der Waals surface area (Å²) in [7, 11) is 3.56. The molecule has 0 aromatic rings. The molecule has 0 spiro atoms. The number of ether oxygens (including phenoxy) is 1. The molecule has 1 aliphatic carbocycles. The molecule has 130 valence electrons. The van der Waals surface area contributed by atoms with Crippen LogP contribution < -0.4 is 10.8 Å². The van der Waals surface area contributed by atoms with E-state index >= 15 is 0 Å². The van der Waals surface area contributed by atoms with Gasteiger partial charge < -0.3 is 15.0 Å². The van der Waals surface area contributed by atoms with Gasteiger partial charge in [0.05, 0.1) is 6.10 Å². The first-order valence-corrected chi connectivity index (χ1v) is 8.46. The Balaban J connectivity index is 1.72. The van der Waals surface area contributed by atoms with Gasteiger partial charge in [-0.2, -0.15) is 10.7 Å². The number of amides is 1. The number of rotatable bonds is 7. The zero-order valence-corrected chi connectivity index (χ0v) is 14.1. The lowest BCUT2D eigenvalue weighted by Gasteiger charge is -2.30. The van der Waals surface area contributed by atoms with E-state index in [2.05, 4.69) is 10.8 Å². The van der Waals surface area contributed by atoms with Crippen LogP contribution in [0.15, 0.2) is 0 Å². The van der Waals surface area contributed by atoms with E-state index in [0.29, 0.717) is 25.1 Å². The van der Waals surface area contributed by atoms with Crippen molar-refractivity contribution in [1.82, 2.24) is 15.7 Å². The molecular weight excluding hydrogens is 296 g/mol. The van der Waals surface area contributed by atoms with Crippen molar-refractivity contribution in [1.29, 1.82) is 5.26 Å². The van der Waals surface area contributed by atoms with Crippen LogP contribution in [0, 0.1) is 17.4 Å². The second-order valence-electron chi connectivity index (χ2n) is 6.49. The first kappa shape index (κ1) is 18.0. The second-order valence-corrected chi connectivity index (χ2v) is 6.49. The number of hydroxylamine groups is 1. The van der Waals surface area contributed by atoms with Crippen LogP contribution >= 0.6 is 0 Å². The van der Waals surface area contributed by atoms with Crippen LogP contribution in [0.2, 0.25) is 0 Å². The lowest BCUT2D eigenvalue weighted by atomic mass is 9.81. The van der Waals surface area contributed by atoms with Crippen molar-refractivity contribution in [3.05, 3.63) is 0 Å². The molecule has 0 aromatic heterocycles. The summed E-state index contributed by atoms with van der Waals surface area (Å²) in [5.74, 6) is 0.576.